The van der Waals surface area contributed by atoms with E-state index in [1.54, 1.807) is 6.92 Å². The van der Waals surface area contributed by atoms with Gasteiger partial charge in [-0.05, 0) is 25.5 Å². The number of hydrogen-bond acceptors (Lipinski definition) is 4. The van der Waals surface area contributed by atoms with Crippen molar-refractivity contribution in [2.75, 3.05) is 0 Å². The molecule has 0 unspecified atom stereocenters. The molecule has 82 valence electrons. The van der Waals surface area contributed by atoms with E-state index in [4.69, 9.17) is 10.7 Å². The molecule has 1 aromatic carbocycles. The number of nitrogens with zero attached hydrogens (tertiary/aromatic N) is 1. The highest BCUT2D eigenvalue weighted by Gasteiger charge is 2.26. The summed E-state index contributed by atoms with van der Waals surface area (Å²) in [5.41, 5.74) is 0.498. The smallest absolute Gasteiger partial charge is 0.258 e. The minimum Gasteiger partial charge on any atom is -0.258 e. The van der Waals surface area contributed by atoms with Crippen LogP contribution in [0.25, 0.3) is 0 Å². The predicted molar refractivity (Wildman–Crippen MR) is 55.6 cm³/mol. The SMILES string of the molecule is Cc1ccc(S(=O)(=O)Cl)c([N+](=O)[O-])c1C. The van der Waals surface area contributed by atoms with Gasteiger partial charge in [0.1, 0.15) is 0 Å². The van der Waals surface area contributed by atoms with Crippen molar-refractivity contribution in [3.05, 3.63) is 33.4 Å². The molecule has 0 fully saturated rings. The molecule has 0 spiro atoms. The molecule has 0 saturated heterocycles. The summed E-state index contributed by atoms with van der Waals surface area (Å²) in [5.74, 6) is 0. The third-order valence-electron chi connectivity index (χ3n) is 2.11. The summed E-state index contributed by atoms with van der Waals surface area (Å²) in [6.07, 6.45) is 0. The summed E-state index contributed by atoms with van der Waals surface area (Å²) in [6, 6.07) is 2.63. The van der Waals surface area contributed by atoms with E-state index < -0.39 is 24.6 Å². The lowest BCUT2D eigenvalue weighted by atomic mass is 10.1. The molecule has 1 aromatic rings. The Morgan fingerprint density at radius 2 is 1.87 bits per heavy atom. The first-order chi connectivity index (χ1) is 6.75. The third-order valence-corrected chi connectivity index (χ3v) is 3.46. The van der Waals surface area contributed by atoms with Crippen LogP contribution in [0.4, 0.5) is 5.69 Å². The molecule has 0 N–H and O–H groups in total. The number of nitro groups is 1. The van der Waals surface area contributed by atoms with Crippen LogP contribution >= 0.6 is 10.7 Å². The summed E-state index contributed by atoms with van der Waals surface area (Å²) in [6.45, 7) is 3.14. The highest BCUT2D eigenvalue weighted by molar-refractivity contribution is 8.13. The zero-order chi connectivity index (χ0) is 11.8. The molecule has 0 aliphatic rings. The van der Waals surface area contributed by atoms with Gasteiger partial charge < -0.3 is 0 Å². The summed E-state index contributed by atoms with van der Waals surface area (Å²) in [4.78, 5) is 9.52. The van der Waals surface area contributed by atoms with E-state index in [1.165, 1.54) is 13.0 Å². The highest BCUT2D eigenvalue weighted by Crippen LogP contribution is 2.31. The van der Waals surface area contributed by atoms with Gasteiger partial charge in [0.05, 0.1) is 4.92 Å². The first-order valence-corrected chi connectivity index (χ1v) is 6.25. The summed E-state index contributed by atoms with van der Waals surface area (Å²) < 4.78 is 22.2. The van der Waals surface area contributed by atoms with Crippen LogP contribution in [0.3, 0.4) is 0 Å². The molecule has 0 heterocycles. The van der Waals surface area contributed by atoms with Gasteiger partial charge in [0.25, 0.3) is 14.7 Å². The summed E-state index contributed by atoms with van der Waals surface area (Å²) in [5, 5.41) is 10.7. The number of rotatable bonds is 2. The van der Waals surface area contributed by atoms with Gasteiger partial charge in [-0.2, -0.15) is 0 Å². The van der Waals surface area contributed by atoms with Crippen LogP contribution in [0.5, 0.6) is 0 Å². The van der Waals surface area contributed by atoms with Crippen molar-refractivity contribution >= 4 is 25.4 Å². The van der Waals surface area contributed by atoms with Crippen LogP contribution in [0.15, 0.2) is 17.0 Å². The first kappa shape index (κ1) is 11.9. The fourth-order valence-electron chi connectivity index (χ4n) is 1.20. The average molecular weight is 250 g/mol. The van der Waals surface area contributed by atoms with Crippen LogP contribution in [0.1, 0.15) is 11.1 Å². The molecule has 0 aliphatic heterocycles. The second kappa shape index (κ2) is 3.79. The molecule has 0 aromatic heterocycles. The van der Waals surface area contributed by atoms with Crippen molar-refractivity contribution in [1.82, 2.24) is 0 Å². The van der Waals surface area contributed by atoms with Crippen LogP contribution < -0.4 is 0 Å². The Kier molecular flexibility index (Phi) is 3.01. The zero-order valence-electron chi connectivity index (χ0n) is 8.02. The molecule has 5 nitrogen and oxygen atoms in total. The predicted octanol–water partition coefficient (Wildman–Crippen LogP) is 2.14. The van der Waals surface area contributed by atoms with Gasteiger partial charge in [0.2, 0.25) is 0 Å². The third kappa shape index (κ3) is 2.27. The van der Waals surface area contributed by atoms with Crippen molar-refractivity contribution in [3.8, 4) is 0 Å². The van der Waals surface area contributed by atoms with Gasteiger partial charge in [-0.15, -0.1) is 0 Å². The monoisotopic (exact) mass is 249 g/mol. The number of benzene rings is 1. The highest BCUT2D eigenvalue weighted by atomic mass is 35.7. The number of halogens is 1. The van der Waals surface area contributed by atoms with Crippen LogP contribution in [-0.2, 0) is 9.05 Å². The van der Waals surface area contributed by atoms with Gasteiger partial charge in [-0.1, -0.05) is 6.07 Å². The molecule has 1 rings (SSSR count). The number of hydrogen-bond donors (Lipinski definition) is 0. The second-order valence-corrected chi connectivity index (χ2v) is 5.58. The largest absolute Gasteiger partial charge is 0.292 e. The Labute approximate surface area is 91.2 Å². The lowest BCUT2D eigenvalue weighted by molar-refractivity contribution is -0.388. The van der Waals surface area contributed by atoms with Gasteiger partial charge in [-0.3, -0.25) is 10.1 Å². The fourth-order valence-corrected chi connectivity index (χ4v) is 2.26. The van der Waals surface area contributed by atoms with Crippen LogP contribution in [0.2, 0.25) is 0 Å². The molecular weight excluding hydrogens is 242 g/mol. The van der Waals surface area contributed by atoms with Crippen LogP contribution in [0, 0.1) is 24.0 Å². The zero-order valence-corrected chi connectivity index (χ0v) is 9.59. The van der Waals surface area contributed by atoms with E-state index in [2.05, 4.69) is 0 Å². The quantitative estimate of drug-likeness (QED) is 0.457. The minimum absolute atomic E-state index is 0.307. The summed E-state index contributed by atoms with van der Waals surface area (Å²) >= 11 is 0. The Hall–Kier alpha value is -1.14. The molecule has 0 amide bonds. The van der Waals surface area contributed by atoms with Crippen molar-refractivity contribution in [3.63, 3.8) is 0 Å². The van der Waals surface area contributed by atoms with Crippen molar-refractivity contribution in [2.24, 2.45) is 0 Å². The van der Waals surface area contributed by atoms with Gasteiger partial charge in [0, 0.05) is 16.2 Å². The standard InChI is InChI=1S/C8H8ClNO4S/c1-5-3-4-7(15(9,13)14)8(6(5)2)10(11)12/h3-4H,1-2H3. The molecule has 15 heavy (non-hydrogen) atoms. The average Bonchev–Trinajstić information content (AvgIpc) is 2.06. The Bertz CT molecular complexity index is 524. The van der Waals surface area contributed by atoms with Gasteiger partial charge in [0.15, 0.2) is 4.90 Å². The normalized spacial score (nSPS) is 11.4. The Morgan fingerprint density at radius 3 is 2.27 bits per heavy atom. The Morgan fingerprint density at radius 1 is 1.33 bits per heavy atom. The minimum atomic E-state index is -4.09. The second-order valence-electron chi connectivity index (χ2n) is 3.05. The van der Waals surface area contributed by atoms with E-state index in [0.29, 0.717) is 11.1 Å². The fraction of sp³-hybridized carbons (Fsp3) is 0.250. The molecular formula is C8H8ClNO4S. The number of aryl methyl sites for hydroxylation is 1. The lowest BCUT2D eigenvalue weighted by Gasteiger charge is -2.04. The first-order valence-electron chi connectivity index (χ1n) is 3.94. The molecule has 0 aliphatic carbocycles. The summed E-state index contributed by atoms with van der Waals surface area (Å²) in [7, 11) is 1.01. The molecule has 0 atom stereocenters. The topological polar surface area (TPSA) is 77.3 Å². The van der Waals surface area contributed by atoms with E-state index >= 15 is 0 Å². The number of nitro benzene ring substituents is 1. The maximum Gasteiger partial charge on any atom is 0.292 e. The van der Waals surface area contributed by atoms with Crippen molar-refractivity contribution in [2.45, 2.75) is 18.7 Å². The molecule has 7 heteroatoms. The molecule has 0 radical (unpaired) electrons. The maximum atomic E-state index is 11.1. The van der Waals surface area contributed by atoms with Crippen LogP contribution in [-0.4, -0.2) is 13.3 Å². The maximum absolute atomic E-state index is 11.1. The van der Waals surface area contributed by atoms with Crippen molar-refractivity contribution < 1.29 is 13.3 Å². The van der Waals surface area contributed by atoms with Crippen molar-refractivity contribution in [1.29, 1.82) is 0 Å². The van der Waals surface area contributed by atoms with Gasteiger partial charge >= 0.3 is 0 Å². The molecule has 0 bridgehead atoms. The van der Waals surface area contributed by atoms with Gasteiger partial charge in [-0.25, -0.2) is 8.42 Å². The van der Waals surface area contributed by atoms with E-state index in [1.807, 2.05) is 0 Å². The van der Waals surface area contributed by atoms with E-state index in [9.17, 15) is 18.5 Å². The Balaban J connectivity index is 3.70. The van der Waals surface area contributed by atoms with E-state index in [-0.39, 0.29) is 0 Å². The lowest BCUT2D eigenvalue weighted by Crippen LogP contribution is -2.02. The molecule has 0 saturated carbocycles. The van der Waals surface area contributed by atoms with E-state index in [0.717, 1.165) is 6.07 Å².